The van der Waals surface area contributed by atoms with Gasteiger partial charge in [0.15, 0.2) is 0 Å². The Hall–Kier alpha value is -1.51. The quantitative estimate of drug-likeness (QED) is 0.908. The molecule has 1 saturated carbocycles. The number of para-hydroxylation sites is 1. The molecule has 1 aliphatic carbocycles. The largest absolute Gasteiger partial charge is 0.508 e. The van der Waals surface area contributed by atoms with Gasteiger partial charge >= 0.3 is 0 Å². The Balaban J connectivity index is 1.94. The Labute approximate surface area is 115 Å². The minimum Gasteiger partial charge on any atom is -0.508 e. The highest BCUT2D eigenvalue weighted by molar-refractivity contribution is 5.79. The second-order valence-corrected chi connectivity index (χ2v) is 5.72. The lowest BCUT2D eigenvalue weighted by molar-refractivity contribution is -0.132. The van der Waals surface area contributed by atoms with E-state index in [0.29, 0.717) is 11.6 Å². The normalized spacial score (nSPS) is 23.1. The average molecular weight is 261 g/mol. The summed E-state index contributed by atoms with van der Waals surface area (Å²) in [7, 11) is 1.89. The minimum atomic E-state index is 0.0982. The maximum Gasteiger partial charge on any atom is 0.227 e. The summed E-state index contributed by atoms with van der Waals surface area (Å²) in [5.41, 5.74) is 0.712. The van der Waals surface area contributed by atoms with Gasteiger partial charge in [-0.3, -0.25) is 4.79 Å². The van der Waals surface area contributed by atoms with Crippen molar-refractivity contribution < 1.29 is 9.90 Å². The third-order valence-corrected chi connectivity index (χ3v) is 4.26. The second-order valence-electron chi connectivity index (χ2n) is 5.72. The number of rotatable bonds is 3. The lowest BCUT2D eigenvalue weighted by Gasteiger charge is -2.33. The van der Waals surface area contributed by atoms with Crippen LogP contribution in [0.5, 0.6) is 5.75 Å². The van der Waals surface area contributed by atoms with Crippen LogP contribution in [0.25, 0.3) is 0 Å². The molecule has 0 bridgehead atoms. The maximum absolute atomic E-state index is 12.3. The first-order valence-electron chi connectivity index (χ1n) is 7.10. The van der Waals surface area contributed by atoms with Gasteiger partial charge in [0.1, 0.15) is 5.75 Å². The Kier molecular flexibility index (Phi) is 4.46. The van der Waals surface area contributed by atoms with E-state index in [2.05, 4.69) is 6.92 Å². The molecule has 0 heterocycles. The summed E-state index contributed by atoms with van der Waals surface area (Å²) in [6, 6.07) is 7.43. The van der Waals surface area contributed by atoms with E-state index in [9.17, 15) is 9.90 Å². The first-order chi connectivity index (χ1) is 9.08. The van der Waals surface area contributed by atoms with Gasteiger partial charge in [0.25, 0.3) is 0 Å². The first kappa shape index (κ1) is 13.9. The van der Waals surface area contributed by atoms with E-state index < -0.39 is 0 Å². The van der Waals surface area contributed by atoms with Crippen LogP contribution >= 0.6 is 0 Å². The second kappa shape index (κ2) is 6.09. The number of hydrogen-bond donors (Lipinski definition) is 1. The van der Waals surface area contributed by atoms with Gasteiger partial charge in [-0.2, -0.15) is 0 Å². The Morgan fingerprint density at radius 2 is 1.89 bits per heavy atom. The number of amides is 1. The smallest absolute Gasteiger partial charge is 0.227 e. The van der Waals surface area contributed by atoms with E-state index in [4.69, 9.17) is 0 Å². The predicted molar refractivity (Wildman–Crippen MR) is 76.0 cm³/mol. The first-order valence-corrected chi connectivity index (χ1v) is 7.10. The lowest BCUT2D eigenvalue weighted by atomic mass is 9.86. The Bertz CT molecular complexity index is 436. The van der Waals surface area contributed by atoms with Crippen molar-refractivity contribution in [3.63, 3.8) is 0 Å². The predicted octanol–water partition coefficient (Wildman–Crippen LogP) is 2.97. The van der Waals surface area contributed by atoms with Crippen molar-refractivity contribution in [1.82, 2.24) is 4.90 Å². The van der Waals surface area contributed by atoms with E-state index in [1.165, 1.54) is 12.8 Å². The molecule has 0 saturated heterocycles. The fourth-order valence-electron chi connectivity index (χ4n) is 2.78. The van der Waals surface area contributed by atoms with Crippen LogP contribution < -0.4 is 0 Å². The van der Waals surface area contributed by atoms with Crippen LogP contribution in [0.3, 0.4) is 0 Å². The molecule has 3 heteroatoms. The third kappa shape index (κ3) is 3.49. The van der Waals surface area contributed by atoms with Gasteiger partial charge in [-0.05, 0) is 37.7 Å². The molecular weight excluding hydrogens is 238 g/mol. The third-order valence-electron chi connectivity index (χ3n) is 4.26. The van der Waals surface area contributed by atoms with Crippen LogP contribution in [0.4, 0.5) is 0 Å². The highest BCUT2D eigenvalue weighted by atomic mass is 16.3. The van der Waals surface area contributed by atoms with Crippen molar-refractivity contribution in [2.45, 2.75) is 45.1 Å². The molecule has 1 aromatic carbocycles. The summed E-state index contributed by atoms with van der Waals surface area (Å²) in [6.45, 7) is 2.28. The number of carbonyl (C=O) groups excluding carboxylic acids is 1. The molecule has 104 valence electrons. The maximum atomic E-state index is 12.3. The zero-order valence-electron chi connectivity index (χ0n) is 11.8. The highest BCUT2D eigenvalue weighted by Crippen LogP contribution is 2.27. The minimum absolute atomic E-state index is 0.0982. The fraction of sp³-hybridized carbons (Fsp3) is 0.562. The van der Waals surface area contributed by atoms with Crippen molar-refractivity contribution in [2.24, 2.45) is 5.92 Å². The molecule has 3 nitrogen and oxygen atoms in total. The van der Waals surface area contributed by atoms with Crippen molar-refractivity contribution in [3.8, 4) is 5.75 Å². The average Bonchev–Trinajstić information content (AvgIpc) is 2.41. The van der Waals surface area contributed by atoms with E-state index in [1.807, 2.05) is 24.1 Å². The van der Waals surface area contributed by atoms with E-state index >= 15 is 0 Å². The number of nitrogens with zero attached hydrogens (tertiary/aromatic N) is 1. The SMILES string of the molecule is CC1CCC(N(C)C(=O)Cc2ccccc2O)CC1. The summed E-state index contributed by atoms with van der Waals surface area (Å²) < 4.78 is 0. The molecule has 19 heavy (non-hydrogen) atoms. The fourth-order valence-corrected chi connectivity index (χ4v) is 2.78. The molecule has 0 spiro atoms. The van der Waals surface area contributed by atoms with Crippen molar-refractivity contribution in [3.05, 3.63) is 29.8 Å². The molecule has 1 N–H and O–H groups in total. The summed E-state index contributed by atoms with van der Waals surface area (Å²) in [5, 5.41) is 9.72. The van der Waals surface area contributed by atoms with Gasteiger partial charge in [0.05, 0.1) is 6.42 Å². The summed E-state index contributed by atoms with van der Waals surface area (Å²) >= 11 is 0. The van der Waals surface area contributed by atoms with Crippen LogP contribution in [-0.2, 0) is 11.2 Å². The summed E-state index contributed by atoms with van der Waals surface area (Å²) in [5.74, 6) is 1.10. The van der Waals surface area contributed by atoms with Gasteiger partial charge in [0.2, 0.25) is 5.91 Å². The van der Waals surface area contributed by atoms with Gasteiger partial charge in [0, 0.05) is 18.7 Å². The molecule has 1 amide bonds. The number of aromatic hydroxyl groups is 1. The van der Waals surface area contributed by atoms with Gasteiger partial charge < -0.3 is 10.0 Å². The molecule has 1 aromatic rings. The van der Waals surface area contributed by atoms with Crippen molar-refractivity contribution in [1.29, 1.82) is 0 Å². The zero-order valence-corrected chi connectivity index (χ0v) is 11.8. The van der Waals surface area contributed by atoms with E-state index in [-0.39, 0.29) is 18.1 Å². The number of carbonyl (C=O) groups is 1. The number of likely N-dealkylation sites (N-methyl/N-ethyl adjacent to an activating group) is 1. The number of phenolic OH excluding ortho intramolecular Hbond substituents is 1. The van der Waals surface area contributed by atoms with Crippen LogP contribution in [0.15, 0.2) is 24.3 Å². The standard InChI is InChI=1S/C16H23NO2/c1-12-7-9-14(10-8-12)17(2)16(19)11-13-5-3-4-6-15(13)18/h3-6,12,14,18H,7-11H2,1-2H3. The van der Waals surface area contributed by atoms with Crippen molar-refractivity contribution >= 4 is 5.91 Å². The molecule has 0 radical (unpaired) electrons. The molecule has 2 rings (SSSR count). The molecule has 1 aliphatic rings. The Morgan fingerprint density at radius 3 is 2.53 bits per heavy atom. The molecule has 0 atom stereocenters. The highest BCUT2D eigenvalue weighted by Gasteiger charge is 2.24. The van der Waals surface area contributed by atoms with Gasteiger partial charge in [-0.1, -0.05) is 25.1 Å². The molecule has 0 aliphatic heterocycles. The lowest BCUT2D eigenvalue weighted by Crippen LogP contribution is -2.40. The molecule has 0 aromatic heterocycles. The topological polar surface area (TPSA) is 40.5 Å². The van der Waals surface area contributed by atoms with E-state index in [1.54, 1.807) is 12.1 Å². The number of benzene rings is 1. The van der Waals surface area contributed by atoms with Crippen molar-refractivity contribution in [2.75, 3.05) is 7.05 Å². The van der Waals surface area contributed by atoms with E-state index in [0.717, 1.165) is 18.8 Å². The van der Waals surface area contributed by atoms with Crippen LogP contribution in [0.1, 0.15) is 38.2 Å². The summed E-state index contributed by atoms with van der Waals surface area (Å²) in [4.78, 5) is 14.1. The molecule has 1 fully saturated rings. The Morgan fingerprint density at radius 1 is 1.26 bits per heavy atom. The number of phenols is 1. The molecular formula is C16H23NO2. The number of hydrogen-bond acceptors (Lipinski definition) is 2. The molecule has 0 unspecified atom stereocenters. The van der Waals surface area contributed by atoms with Gasteiger partial charge in [-0.25, -0.2) is 0 Å². The van der Waals surface area contributed by atoms with Crippen LogP contribution in [0.2, 0.25) is 0 Å². The summed E-state index contributed by atoms with van der Waals surface area (Å²) in [6.07, 6.45) is 4.90. The van der Waals surface area contributed by atoms with Crippen LogP contribution in [0, 0.1) is 5.92 Å². The monoisotopic (exact) mass is 261 g/mol. The van der Waals surface area contributed by atoms with Gasteiger partial charge in [-0.15, -0.1) is 0 Å². The zero-order chi connectivity index (χ0) is 13.8. The van der Waals surface area contributed by atoms with Crippen LogP contribution in [-0.4, -0.2) is 29.0 Å².